The largest absolute Gasteiger partial charge is 0.494 e. The first-order chi connectivity index (χ1) is 8.66. The van der Waals surface area contributed by atoms with Gasteiger partial charge < -0.3 is 5.11 Å². The Kier molecular flexibility index (Phi) is 3.27. The maximum atomic E-state index is 11.4. The lowest BCUT2D eigenvalue weighted by Crippen LogP contribution is -2.23. The van der Waals surface area contributed by atoms with E-state index in [1.165, 1.54) is 6.08 Å². The van der Waals surface area contributed by atoms with E-state index in [9.17, 15) is 14.7 Å². The smallest absolute Gasteiger partial charge is 0.328 e. The molecule has 0 spiro atoms. The number of rotatable bonds is 2. The summed E-state index contributed by atoms with van der Waals surface area (Å²) in [6, 6.07) is 9.38. The summed E-state index contributed by atoms with van der Waals surface area (Å²) in [6.45, 7) is 0. The minimum atomic E-state index is -0.748. The lowest BCUT2D eigenvalue weighted by atomic mass is 10.2. The fraction of sp³-hybridized carbons (Fsp3) is 0. The van der Waals surface area contributed by atoms with Gasteiger partial charge in [-0.3, -0.25) is 14.8 Å². The molecule has 0 radical (unpaired) electrons. The molecule has 2 aromatic rings. The van der Waals surface area contributed by atoms with Crippen molar-refractivity contribution in [3.8, 4) is 5.88 Å². The lowest BCUT2D eigenvalue weighted by molar-refractivity contribution is 0.447. The number of nitrogens with one attached hydrogen (secondary N) is 2. The van der Waals surface area contributed by atoms with Crippen LogP contribution in [-0.4, -0.2) is 15.1 Å². The third-order valence-electron chi connectivity index (χ3n) is 2.24. The van der Waals surface area contributed by atoms with Crippen LogP contribution in [0.4, 0.5) is 0 Å². The van der Waals surface area contributed by atoms with Crippen molar-refractivity contribution in [3.63, 3.8) is 0 Å². The van der Waals surface area contributed by atoms with Crippen molar-refractivity contribution in [1.29, 1.82) is 0 Å². The molecule has 0 aliphatic carbocycles. The molecule has 1 aromatic carbocycles. The number of aromatic hydroxyl groups is 1. The molecule has 0 atom stereocenters. The van der Waals surface area contributed by atoms with E-state index in [1.807, 2.05) is 35.3 Å². The van der Waals surface area contributed by atoms with E-state index >= 15 is 0 Å². The molecule has 0 fully saturated rings. The van der Waals surface area contributed by atoms with Crippen molar-refractivity contribution < 1.29 is 5.11 Å². The average molecular weight is 242 g/mol. The second-order valence-corrected chi connectivity index (χ2v) is 3.54. The number of aromatic amines is 2. The van der Waals surface area contributed by atoms with Gasteiger partial charge in [0.1, 0.15) is 5.56 Å². The van der Waals surface area contributed by atoms with Gasteiger partial charge in [-0.2, -0.15) is 0 Å². The molecule has 2 rings (SSSR count). The van der Waals surface area contributed by atoms with Gasteiger partial charge in [0.15, 0.2) is 0 Å². The Morgan fingerprint density at radius 2 is 1.78 bits per heavy atom. The van der Waals surface area contributed by atoms with Crippen LogP contribution in [0, 0.1) is 0 Å². The van der Waals surface area contributed by atoms with E-state index in [0.717, 1.165) is 5.56 Å². The minimum absolute atomic E-state index is 0.0400. The molecule has 3 N–H and O–H groups in total. The standard InChI is InChI=1S/C13H10N2O3/c16-11-10(12(17)15-13(18)14-11)8-4-7-9-5-2-1-3-6-9/h1-3,5-8H,(H3,14,15,16,17,18). The number of hydrogen-bond acceptors (Lipinski definition) is 3. The molecular weight excluding hydrogens is 232 g/mol. The molecule has 0 bridgehead atoms. The van der Waals surface area contributed by atoms with Gasteiger partial charge in [-0.25, -0.2) is 4.79 Å². The minimum Gasteiger partial charge on any atom is -0.494 e. The zero-order valence-corrected chi connectivity index (χ0v) is 9.31. The molecule has 0 aliphatic heterocycles. The summed E-state index contributed by atoms with van der Waals surface area (Å²) < 4.78 is 0. The molecule has 90 valence electrons. The highest BCUT2D eigenvalue weighted by atomic mass is 16.3. The Labute approximate surface area is 102 Å². The van der Waals surface area contributed by atoms with Gasteiger partial charge in [-0.15, -0.1) is 5.73 Å². The molecule has 1 aromatic heterocycles. The first-order valence-corrected chi connectivity index (χ1v) is 5.20. The maximum absolute atomic E-state index is 11.4. The first kappa shape index (κ1) is 11.7. The van der Waals surface area contributed by atoms with Crippen molar-refractivity contribution in [2.24, 2.45) is 0 Å². The molecule has 1 heterocycles. The molecule has 0 saturated heterocycles. The van der Waals surface area contributed by atoms with Crippen LogP contribution in [0.25, 0.3) is 12.2 Å². The maximum Gasteiger partial charge on any atom is 0.328 e. The zero-order chi connectivity index (χ0) is 13.0. The van der Waals surface area contributed by atoms with Crippen LogP contribution in [0.15, 0.2) is 45.7 Å². The van der Waals surface area contributed by atoms with Crippen LogP contribution in [0.3, 0.4) is 0 Å². The second-order valence-electron chi connectivity index (χ2n) is 3.54. The highest BCUT2D eigenvalue weighted by molar-refractivity contribution is 5.59. The Bertz CT molecular complexity index is 720. The molecule has 5 nitrogen and oxygen atoms in total. The van der Waals surface area contributed by atoms with E-state index < -0.39 is 17.1 Å². The summed E-state index contributed by atoms with van der Waals surface area (Å²) in [6.07, 6.45) is 2.96. The van der Waals surface area contributed by atoms with Crippen LogP contribution in [0.5, 0.6) is 5.88 Å². The van der Waals surface area contributed by atoms with Crippen LogP contribution in [0.1, 0.15) is 11.1 Å². The van der Waals surface area contributed by atoms with Crippen molar-refractivity contribution in [2.45, 2.75) is 0 Å². The topological polar surface area (TPSA) is 85.9 Å². The third-order valence-corrected chi connectivity index (χ3v) is 2.24. The lowest BCUT2D eigenvalue weighted by Gasteiger charge is -1.94. The third kappa shape index (κ3) is 2.66. The van der Waals surface area contributed by atoms with Gasteiger partial charge in [-0.1, -0.05) is 30.3 Å². The summed E-state index contributed by atoms with van der Waals surface area (Å²) in [5.74, 6) is -0.474. The van der Waals surface area contributed by atoms with Gasteiger partial charge >= 0.3 is 5.69 Å². The normalized spacial score (nSPS) is 9.56. The summed E-state index contributed by atoms with van der Waals surface area (Å²) >= 11 is 0. The fourth-order valence-electron chi connectivity index (χ4n) is 1.39. The van der Waals surface area contributed by atoms with E-state index in [2.05, 4.69) is 10.7 Å². The van der Waals surface area contributed by atoms with Gasteiger partial charge in [0.25, 0.3) is 5.56 Å². The van der Waals surface area contributed by atoms with Gasteiger partial charge in [0.2, 0.25) is 5.88 Å². The predicted octanol–water partition coefficient (Wildman–Crippen LogP) is 1.09. The van der Waals surface area contributed by atoms with Gasteiger partial charge in [0.05, 0.1) is 0 Å². The highest BCUT2D eigenvalue weighted by Crippen LogP contribution is 2.06. The van der Waals surface area contributed by atoms with Crippen LogP contribution >= 0.6 is 0 Å². The van der Waals surface area contributed by atoms with Gasteiger partial charge in [0, 0.05) is 0 Å². The Balaban J connectivity index is 2.39. The number of benzene rings is 1. The summed E-state index contributed by atoms with van der Waals surface area (Å²) in [5, 5.41) is 9.41. The SMILES string of the molecule is O=c1[nH]c(O)c(C=C=Cc2ccccc2)c(=O)[nH]1. The van der Waals surface area contributed by atoms with Gasteiger partial charge in [-0.05, 0) is 17.7 Å². The van der Waals surface area contributed by atoms with E-state index in [4.69, 9.17) is 0 Å². The highest BCUT2D eigenvalue weighted by Gasteiger charge is 2.03. The second kappa shape index (κ2) is 5.03. The molecule has 0 amide bonds. The average Bonchev–Trinajstić information content (AvgIpc) is 2.34. The molecule has 0 saturated carbocycles. The molecule has 18 heavy (non-hydrogen) atoms. The van der Waals surface area contributed by atoms with E-state index in [0.29, 0.717) is 0 Å². The molecule has 0 unspecified atom stereocenters. The Hall–Kier alpha value is -2.78. The molecule has 0 aliphatic rings. The predicted molar refractivity (Wildman–Crippen MR) is 68.2 cm³/mol. The Morgan fingerprint density at radius 1 is 1.06 bits per heavy atom. The fourth-order valence-corrected chi connectivity index (χ4v) is 1.39. The first-order valence-electron chi connectivity index (χ1n) is 5.20. The van der Waals surface area contributed by atoms with Crippen molar-refractivity contribution in [3.05, 3.63) is 68.0 Å². The number of hydrogen-bond donors (Lipinski definition) is 3. The van der Waals surface area contributed by atoms with Crippen LogP contribution in [-0.2, 0) is 0 Å². The van der Waals surface area contributed by atoms with Crippen molar-refractivity contribution in [1.82, 2.24) is 9.97 Å². The van der Waals surface area contributed by atoms with Crippen molar-refractivity contribution in [2.75, 3.05) is 0 Å². The molecular formula is C13H10N2O3. The summed E-state index contributed by atoms with van der Waals surface area (Å²) in [4.78, 5) is 26.3. The zero-order valence-electron chi connectivity index (χ0n) is 9.31. The van der Waals surface area contributed by atoms with E-state index in [-0.39, 0.29) is 5.56 Å². The van der Waals surface area contributed by atoms with Crippen LogP contribution < -0.4 is 11.2 Å². The Morgan fingerprint density at radius 3 is 2.44 bits per heavy atom. The van der Waals surface area contributed by atoms with Crippen molar-refractivity contribution >= 4 is 12.2 Å². The molecule has 5 heteroatoms. The monoisotopic (exact) mass is 242 g/mol. The summed E-state index contributed by atoms with van der Waals surface area (Å²) in [7, 11) is 0. The number of aromatic nitrogens is 2. The quantitative estimate of drug-likeness (QED) is 0.689. The number of H-pyrrole nitrogens is 2. The summed E-state index contributed by atoms with van der Waals surface area (Å²) in [5.41, 5.74) is 2.23. The van der Waals surface area contributed by atoms with E-state index in [1.54, 1.807) is 6.08 Å². The van der Waals surface area contributed by atoms with Crippen LogP contribution in [0.2, 0.25) is 0 Å².